The molecule has 1 unspecified atom stereocenters. The van der Waals surface area contributed by atoms with Gasteiger partial charge < -0.3 is 9.84 Å². The van der Waals surface area contributed by atoms with Crippen LogP contribution in [0.1, 0.15) is 71.6 Å². The van der Waals surface area contributed by atoms with E-state index in [2.05, 4.69) is 13.8 Å². The first-order valence-corrected chi connectivity index (χ1v) is 9.11. The smallest absolute Gasteiger partial charge is 0.331 e. The fraction of sp³-hybridized carbons (Fsp3) is 0.789. The molecule has 23 heavy (non-hydrogen) atoms. The van der Waals surface area contributed by atoms with Crippen molar-refractivity contribution in [3.05, 3.63) is 12.2 Å². The van der Waals surface area contributed by atoms with Crippen molar-refractivity contribution in [1.29, 1.82) is 0 Å². The molecule has 2 aliphatic rings. The first-order valence-electron chi connectivity index (χ1n) is 9.11. The van der Waals surface area contributed by atoms with Gasteiger partial charge in [-0.25, -0.2) is 9.59 Å². The summed E-state index contributed by atoms with van der Waals surface area (Å²) in [7, 11) is 0. The number of carbonyl (C=O) groups excluding carboxylic acids is 1. The normalized spacial score (nSPS) is 28.6. The summed E-state index contributed by atoms with van der Waals surface area (Å²) in [5.74, 6) is 0.399. The van der Waals surface area contributed by atoms with E-state index in [0.29, 0.717) is 5.92 Å². The van der Waals surface area contributed by atoms with Crippen molar-refractivity contribution < 1.29 is 19.4 Å². The first kappa shape index (κ1) is 18.0. The standard InChI is InChI=1S/C19H30O4/c1-3-14(2)15-6-8-16(9-7-15)19(12-4-5-13-19)23-18(22)11-10-17(20)21/h10-11,14-16H,3-9,12-13H2,1-2H3,(H,20,21)/b11-10+. The minimum absolute atomic E-state index is 0.347. The van der Waals surface area contributed by atoms with Crippen LogP contribution in [0, 0.1) is 17.8 Å². The zero-order valence-corrected chi connectivity index (χ0v) is 14.4. The molecule has 0 radical (unpaired) electrons. The van der Waals surface area contributed by atoms with Gasteiger partial charge in [-0.1, -0.05) is 20.3 Å². The summed E-state index contributed by atoms with van der Waals surface area (Å²) < 4.78 is 5.82. The molecule has 0 amide bonds. The van der Waals surface area contributed by atoms with E-state index < -0.39 is 11.9 Å². The Kier molecular flexibility index (Phi) is 6.25. The van der Waals surface area contributed by atoms with Crippen molar-refractivity contribution in [3.63, 3.8) is 0 Å². The molecule has 130 valence electrons. The second-order valence-corrected chi connectivity index (χ2v) is 7.36. The molecule has 1 atom stereocenters. The van der Waals surface area contributed by atoms with Crippen LogP contribution in [-0.2, 0) is 14.3 Å². The van der Waals surface area contributed by atoms with Crippen LogP contribution in [-0.4, -0.2) is 22.6 Å². The van der Waals surface area contributed by atoms with Gasteiger partial charge in [-0.2, -0.15) is 0 Å². The van der Waals surface area contributed by atoms with Gasteiger partial charge in [0.15, 0.2) is 0 Å². The highest BCUT2D eigenvalue weighted by Crippen LogP contribution is 2.47. The Morgan fingerprint density at radius 1 is 1.17 bits per heavy atom. The average Bonchev–Trinajstić information content (AvgIpc) is 3.02. The maximum atomic E-state index is 12.0. The second-order valence-electron chi connectivity index (χ2n) is 7.36. The number of carboxylic acid groups (broad SMARTS) is 1. The Morgan fingerprint density at radius 3 is 2.30 bits per heavy atom. The molecule has 2 aliphatic carbocycles. The molecule has 4 heteroatoms. The maximum Gasteiger partial charge on any atom is 0.331 e. The highest BCUT2D eigenvalue weighted by Gasteiger charge is 2.45. The fourth-order valence-corrected chi connectivity index (χ4v) is 4.49. The molecule has 1 N–H and O–H groups in total. The molecule has 2 fully saturated rings. The summed E-state index contributed by atoms with van der Waals surface area (Å²) >= 11 is 0. The van der Waals surface area contributed by atoms with Crippen LogP contribution in [0.5, 0.6) is 0 Å². The third-order valence-electron chi connectivity index (χ3n) is 6.08. The van der Waals surface area contributed by atoms with Crippen LogP contribution in [0.25, 0.3) is 0 Å². The van der Waals surface area contributed by atoms with Gasteiger partial charge in [-0.05, 0) is 69.1 Å². The minimum atomic E-state index is -1.11. The van der Waals surface area contributed by atoms with Crippen molar-refractivity contribution in [2.45, 2.75) is 77.2 Å². The quantitative estimate of drug-likeness (QED) is 0.584. The SMILES string of the molecule is CCC(C)C1CCC(C2(OC(=O)/C=C/C(=O)O)CCCC2)CC1. The van der Waals surface area contributed by atoms with E-state index in [4.69, 9.17) is 9.84 Å². The van der Waals surface area contributed by atoms with Gasteiger partial charge in [0.1, 0.15) is 5.60 Å². The molecule has 0 spiro atoms. The topological polar surface area (TPSA) is 63.6 Å². The Morgan fingerprint density at radius 2 is 1.78 bits per heavy atom. The van der Waals surface area contributed by atoms with Crippen LogP contribution >= 0.6 is 0 Å². The van der Waals surface area contributed by atoms with E-state index in [1.54, 1.807) is 0 Å². The molecule has 0 aromatic carbocycles. The van der Waals surface area contributed by atoms with Crippen LogP contribution < -0.4 is 0 Å². The Bertz CT molecular complexity index is 440. The van der Waals surface area contributed by atoms with Crippen LogP contribution in [0.15, 0.2) is 12.2 Å². The lowest BCUT2D eigenvalue weighted by molar-refractivity contribution is -0.162. The Labute approximate surface area is 139 Å². The van der Waals surface area contributed by atoms with Gasteiger partial charge in [0.05, 0.1) is 0 Å². The van der Waals surface area contributed by atoms with E-state index in [1.165, 1.54) is 19.3 Å². The van der Waals surface area contributed by atoms with Crippen molar-refractivity contribution in [1.82, 2.24) is 0 Å². The average molecular weight is 322 g/mol. The molecule has 0 heterocycles. The summed E-state index contributed by atoms with van der Waals surface area (Å²) in [5, 5.41) is 8.65. The zero-order chi connectivity index (χ0) is 16.9. The molecule has 0 saturated heterocycles. The predicted octanol–water partition coefficient (Wildman–Crippen LogP) is 4.34. The van der Waals surface area contributed by atoms with Gasteiger partial charge in [0.2, 0.25) is 0 Å². The summed E-state index contributed by atoms with van der Waals surface area (Å²) in [6.07, 6.45) is 11.9. The maximum absolute atomic E-state index is 12.0. The number of rotatable bonds is 6. The van der Waals surface area contributed by atoms with Crippen LogP contribution in [0.3, 0.4) is 0 Å². The summed E-state index contributed by atoms with van der Waals surface area (Å²) in [6.45, 7) is 4.60. The molecule has 0 aromatic heterocycles. The number of aliphatic carboxylic acids is 1. The summed E-state index contributed by atoms with van der Waals surface area (Å²) in [6, 6.07) is 0. The number of hydrogen-bond acceptors (Lipinski definition) is 3. The third kappa shape index (κ3) is 4.58. The first-order chi connectivity index (χ1) is 11.0. The van der Waals surface area contributed by atoms with Crippen molar-refractivity contribution >= 4 is 11.9 Å². The van der Waals surface area contributed by atoms with Gasteiger partial charge in [-0.15, -0.1) is 0 Å². The summed E-state index contributed by atoms with van der Waals surface area (Å²) in [4.78, 5) is 22.6. The van der Waals surface area contributed by atoms with Crippen molar-refractivity contribution in [2.75, 3.05) is 0 Å². The molecule has 4 nitrogen and oxygen atoms in total. The van der Waals surface area contributed by atoms with Gasteiger partial charge in [0, 0.05) is 12.2 Å². The number of carboxylic acids is 1. The molecule has 0 bridgehead atoms. The molecule has 2 saturated carbocycles. The highest BCUT2D eigenvalue weighted by atomic mass is 16.6. The van der Waals surface area contributed by atoms with Crippen LogP contribution in [0.2, 0.25) is 0 Å². The van der Waals surface area contributed by atoms with E-state index in [0.717, 1.165) is 62.5 Å². The molecule has 2 rings (SSSR count). The fourth-order valence-electron chi connectivity index (χ4n) is 4.49. The van der Waals surface area contributed by atoms with Gasteiger partial charge in [-0.3, -0.25) is 0 Å². The molecule has 0 aliphatic heterocycles. The number of esters is 1. The van der Waals surface area contributed by atoms with E-state index in [1.807, 2.05) is 0 Å². The molecule has 0 aromatic rings. The number of ether oxygens (including phenoxy) is 1. The second kappa shape index (κ2) is 7.98. The lowest BCUT2D eigenvalue weighted by Crippen LogP contribution is -2.42. The summed E-state index contributed by atoms with van der Waals surface area (Å²) in [5.41, 5.74) is -0.347. The Balaban J connectivity index is 1.98. The molecular formula is C19H30O4. The predicted molar refractivity (Wildman–Crippen MR) is 89.0 cm³/mol. The van der Waals surface area contributed by atoms with E-state index >= 15 is 0 Å². The minimum Gasteiger partial charge on any atom is -0.478 e. The van der Waals surface area contributed by atoms with E-state index in [-0.39, 0.29) is 5.60 Å². The largest absolute Gasteiger partial charge is 0.478 e. The van der Waals surface area contributed by atoms with Crippen molar-refractivity contribution in [2.24, 2.45) is 17.8 Å². The van der Waals surface area contributed by atoms with Crippen molar-refractivity contribution in [3.8, 4) is 0 Å². The number of hydrogen-bond donors (Lipinski definition) is 1. The third-order valence-corrected chi connectivity index (χ3v) is 6.08. The van der Waals surface area contributed by atoms with Gasteiger partial charge in [0.25, 0.3) is 0 Å². The van der Waals surface area contributed by atoms with E-state index in [9.17, 15) is 9.59 Å². The highest BCUT2D eigenvalue weighted by molar-refractivity contribution is 5.90. The van der Waals surface area contributed by atoms with Crippen LogP contribution in [0.4, 0.5) is 0 Å². The molecular weight excluding hydrogens is 292 g/mol. The Hall–Kier alpha value is -1.32. The lowest BCUT2D eigenvalue weighted by atomic mass is 9.69. The monoisotopic (exact) mass is 322 g/mol. The lowest BCUT2D eigenvalue weighted by Gasteiger charge is -2.42. The number of carbonyl (C=O) groups is 2. The zero-order valence-electron chi connectivity index (χ0n) is 14.4. The van der Waals surface area contributed by atoms with Gasteiger partial charge >= 0.3 is 11.9 Å².